The van der Waals surface area contributed by atoms with Gasteiger partial charge in [0.15, 0.2) is 5.58 Å². The van der Waals surface area contributed by atoms with Crippen LogP contribution in [0.25, 0.3) is 11.1 Å². The van der Waals surface area contributed by atoms with E-state index >= 15 is 0 Å². The average molecular weight is 235 g/mol. The summed E-state index contributed by atoms with van der Waals surface area (Å²) in [6, 6.07) is 5.09. The fraction of sp³-hybridized carbons (Fsp3) is 0.273. The van der Waals surface area contributed by atoms with Crippen LogP contribution in [0.4, 0.5) is 5.69 Å². The Bertz CT molecular complexity index is 612. The van der Waals surface area contributed by atoms with E-state index in [9.17, 15) is 9.59 Å². The van der Waals surface area contributed by atoms with E-state index in [-0.39, 0.29) is 12.5 Å². The molecule has 6 nitrogen and oxygen atoms in total. The number of fused-ring (bicyclic) bond motifs is 1. The second-order valence-electron chi connectivity index (χ2n) is 3.69. The summed E-state index contributed by atoms with van der Waals surface area (Å²) in [6.07, 6.45) is 0. The van der Waals surface area contributed by atoms with Gasteiger partial charge in [-0.05, 0) is 19.2 Å². The van der Waals surface area contributed by atoms with Crippen molar-refractivity contribution < 1.29 is 9.21 Å². The van der Waals surface area contributed by atoms with Crippen LogP contribution in [0, 0.1) is 0 Å². The number of hydrogen-bond donors (Lipinski definition) is 2. The molecule has 0 atom stereocenters. The normalized spacial score (nSPS) is 10.7. The largest absolute Gasteiger partial charge is 0.419 e. The maximum atomic E-state index is 11.3. The maximum Gasteiger partial charge on any atom is 0.419 e. The molecule has 1 amide bonds. The second kappa shape index (κ2) is 4.42. The second-order valence-corrected chi connectivity index (χ2v) is 3.69. The highest BCUT2D eigenvalue weighted by atomic mass is 16.4. The first kappa shape index (κ1) is 11.4. The number of nitrogens with one attached hydrogen (secondary N) is 2. The molecule has 0 aliphatic heterocycles. The minimum atomic E-state index is -0.418. The van der Waals surface area contributed by atoms with Crippen molar-refractivity contribution in [3.8, 4) is 0 Å². The molecule has 1 heterocycles. The summed E-state index contributed by atoms with van der Waals surface area (Å²) >= 11 is 0. The summed E-state index contributed by atoms with van der Waals surface area (Å²) in [6.45, 7) is 0.233. The fourth-order valence-electron chi connectivity index (χ4n) is 1.58. The number of oxazole rings is 1. The molecule has 0 saturated heterocycles. The van der Waals surface area contributed by atoms with Crippen molar-refractivity contribution in [3.05, 3.63) is 28.7 Å². The van der Waals surface area contributed by atoms with Gasteiger partial charge in [-0.1, -0.05) is 0 Å². The van der Waals surface area contributed by atoms with E-state index in [0.717, 1.165) is 0 Å². The van der Waals surface area contributed by atoms with E-state index in [4.69, 9.17) is 4.42 Å². The van der Waals surface area contributed by atoms with Crippen molar-refractivity contribution in [1.29, 1.82) is 0 Å². The third kappa shape index (κ3) is 2.21. The summed E-state index contributed by atoms with van der Waals surface area (Å²) in [5.74, 6) is -0.566. The molecule has 17 heavy (non-hydrogen) atoms. The molecular weight excluding hydrogens is 222 g/mol. The van der Waals surface area contributed by atoms with Crippen LogP contribution >= 0.6 is 0 Å². The van der Waals surface area contributed by atoms with Crippen LogP contribution in [-0.4, -0.2) is 24.1 Å². The van der Waals surface area contributed by atoms with Gasteiger partial charge in [-0.3, -0.25) is 9.36 Å². The average Bonchev–Trinajstić information content (AvgIpc) is 2.55. The number of likely N-dealkylation sites (N-methyl/N-ethyl adjacent to an activating group) is 1. The number of rotatable bonds is 3. The monoisotopic (exact) mass is 235 g/mol. The molecule has 0 unspecified atom stereocenters. The zero-order valence-electron chi connectivity index (χ0n) is 9.61. The van der Waals surface area contributed by atoms with Crippen molar-refractivity contribution >= 4 is 22.7 Å². The Hall–Kier alpha value is -2.08. The van der Waals surface area contributed by atoms with E-state index in [1.165, 1.54) is 4.57 Å². The summed E-state index contributed by atoms with van der Waals surface area (Å²) in [7, 11) is 3.33. The van der Waals surface area contributed by atoms with Crippen LogP contribution in [0.5, 0.6) is 0 Å². The third-order valence-electron chi connectivity index (χ3n) is 2.41. The van der Waals surface area contributed by atoms with Gasteiger partial charge in [0.2, 0.25) is 5.91 Å². The molecule has 1 aromatic heterocycles. The number of carbonyl (C=O) groups is 1. The quantitative estimate of drug-likeness (QED) is 0.801. The van der Waals surface area contributed by atoms with Gasteiger partial charge in [-0.2, -0.15) is 0 Å². The van der Waals surface area contributed by atoms with Gasteiger partial charge in [-0.25, -0.2) is 4.79 Å². The van der Waals surface area contributed by atoms with Crippen molar-refractivity contribution in [1.82, 2.24) is 9.88 Å². The number of benzene rings is 1. The van der Waals surface area contributed by atoms with Crippen LogP contribution in [-0.2, 0) is 11.8 Å². The number of aryl methyl sites for hydroxylation is 1. The lowest BCUT2D eigenvalue weighted by Gasteiger charge is -2.04. The minimum Gasteiger partial charge on any atom is -0.408 e. The highest BCUT2D eigenvalue weighted by Crippen LogP contribution is 2.17. The minimum absolute atomic E-state index is 0.148. The van der Waals surface area contributed by atoms with E-state index < -0.39 is 5.76 Å². The van der Waals surface area contributed by atoms with Gasteiger partial charge < -0.3 is 15.1 Å². The Kier molecular flexibility index (Phi) is 2.97. The first-order chi connectivity index (χ1) is 8.11. The van der Waals surface area contributed by atoms with Crippen LogP contribution in [0.15, 0.2) is 27.4 Å². The Morgan fingerprint density at radius 1 is 1.47 bits per heavy atom. The van der Waals surface area contributed by atoms with Crippen LogP contribution in [0.3, 0.4) is 0 Å². The predicted molar refractivity (Wildman–Crippen MR) is 64.0 cm³/mol. The lowest BCUT2D eigenvalue weighted by atomic mass is 10.3. The topological polar surface area (TPSA) is 76.3 Å². The van der Waals surface area contributed by atoms with Crippen molar-refractivity contribution in [2.24, 2.45) is 7.05 Å². The number of carbonyl (C=O) groups excluding carboxylic acids is 1. The highest BCUT2D eigenvalue weighted by Gasteiger charge is 2.07. The van der Waals surface area contributed by atoms with Gasteiger partial charge in [0.25, 0.3) is 0 Å². The van der Waals surface area contributed by atoms with E-state index in [0.29, 0.717) is 16.8 Å². The molecule has 2 N–H and O–H groups in total. The van der Waals surface area contributed by atoms with Crippen molar-refractivity contribution in [2.45, 2.75) is 0 Å². The number of aromatic nitrogens is 1. The zero-order valence-corrected chi connectivity index (χ0v) is 9.61. The van der Waals surface area contributed by atoms with E-state index in [1.807, 2.05) is 0 Å². The lowest BCUT2D eigenvalue weighted by Crippen LogP contribution is -2.24. The van der Waals surface area contributed by atoms with Gasteiger partial charge in [-0.15, -0.1) is 0 Å². The molecule has 0 fully saturated rings. The van der Waals surface area contributed by atoms with Gasteiger partial charge in [0, 0.05) is 18.8 Å². The van der Waals surface area contributed by atoms with Crippen molar-refractivity contribution in [2.75, 3.05) is 18.9 Å². The Morgan fingerprint density at radius 3 is 2.94 bits per heavy atom. The molecule has 0 spiro atoms. The maximum absolute atomic E-state index is 11.3. The lowest BCUT2D eigenvalue weighted by molar-refractivity contribution is -0.115. The summed E-state index contributed by atoms with van der Waals surface area (Å²) in [5, 5.41) is 5.44. The third-order valence-corrected chi connectivity index (χ3v) is 2.41. The molecule has 2 aromatic rings. The summed E-state index contributed by atoms with van der Waals surface area (Å²) in [4.78, 5) is 22.6. The summed E-state index contributed by atoms with van der Waals surface area (Å²) in [5.41, 5.74) is 1.76. The fourth-order valence-corrected chi connectivity index (χ4v) is 1.58. The molecule has 0 aliphatic carbocycles. The predicted octanol–water partition coefficient (Wildman–Crippen LogP) is 0.289. The van der Waals surface area contributed by atoms with Gasteiger partial charge in [0.1, 0.15) is 0 Å². The molecule has 0 bridgehead atoms. The number of anilines is 1. The number of amides is 1. The smallest absolute Gasteiger partial charge is 0.408 e. The first-order valence-corrected chi connectivity index (χ1v) is 5.16. The SMILES string of the molecule is CNCC(=O)Nc1ccc2c(c1)oc(=O)n2C. The molecule has 6 heteroatoms. The number of nitrogens with zero attached hydrogens (tertiary/aromatic N) is 1. The van der Waals surface area contributed by atoms with E-state index in [1.54, 1.807) is 32.3 Å². The van der Waals surface area contributed by atoms with E-state index in [2.05, 4.69) is 10.6 Å². The molecular formula is C11H13N3O3. The van der Waals surface area contributed by atoms with Gasteiger partial charge in [0.05, 0.1) is 12.1 Å². The first-order valence-electron chi connectivity index (χ1n) is 5.16. The molecule has 2 rings (SSSR count). The standard InChI is InChI=1S/C11H13N3O3/c1-12-6-10(15)13-7-3-4-8-9(5-7)17-11(16)14(8)2/h3-5,12H,6H2,1-2H3,(H,13,15). The molecule has 0 aliphatic rings. The Morgan fingerprint density at radius 2 is 2.24 bits per heavy atom. The zero-order chi connectivity index (χ0) is 12.4. The molecule has 0 saturated carbocycles. The Labute approximate surface area is 97.2 Å². The van der Waals surface area contributed by atoms with Gasteiger partial charge >= 0.3 is 5.76 Å². The van der Waals surface area contributed by atoms with Crippen LogP contribution in [0.2, 0.25) is 0 Å². The Balaban J connectivity index is 2.32. The van der Waals surface area contributed by atoms with Crippen LogP contribution in [0.1, 0.15) is 0 Å². The number of hydrogen-bond acceptors (Lipinski definition) is 4. The summed E-state index contributed by atoms with van der Waals surface area (Å²) < 4.78 is 6.43. The van der Waals surface area contributed by atoms with Crippen molar-refractivity contribution in [3.63, 3.8) is 0 Å². The molecule has 90 valence electrons. The highest BCUT2D eigenvalue weighted by molar-refractivity contribution is 5.93. The molecule has 0 radical (unpaired) electrons. The van der Waals surface area contributed by atoms with Crippen LogP contribution < -0.4 is 16.4 Å². The molecule has 1 aromatic carbocycles.